The molecule has 1 aromatic carbocycles. The quantitative estimate of drug-likeness (QED) is 0.784. The van der Waals surface area contributed by atoms with Crippen LogP contribution in [0.2, 0.25) is 0 Å². The lowest BCUT2D eigenvalue weighted by Crippen LogP contribution is -2.13. The Hall–Kier alpha value is -1.32. The average molecular weight is 306 g/mol. The van der Waals surface area contributed by atoms with Crippen molar-refractivity contribution < 1.29 is 17.5 Å². The lowest BCUT2D eigenvalue weighted by Gasteiger charge is -2.15. The summed E-state index contributed by atoms with van der Waals surface area (Å²) in [4.78, 5) is -0.323. The van der Waals surface area contributed by atoms with Crippen molar-refractivity contribution in [2.75, 3.05) is 6.61 Å². The molecule has 0 spiro atoms. The van der Waals surface area contributed by atoms with Crippen molar-refractivity contribution in [3.05, 3.63) is 24.0 Å². The Bertz CT molecular complexity index is 608. The number of ether oxygens (including phenoxy) is 1. The van der Waals surface area contributed by atoms with E-state index in [1.54, 1.807) is 13.8 Å². The van der Waals surface area contributed by atoms with Crippen LogP contribution >= 0.6 is 10.7 Å². The summed E-state index contributed by atoms with van der Waals surface area (Å²) in [5.74, 6) is -0.880. The van der Waals surface area contributed by atoms with Gasteiger partial charge >= 0.3 is 0 Å². The average Bonchev–Trinajstić information content (AvgIpc) is 2.30. The van der Waals surface area contributed by atoms with E-state index in [1.165, 1.54) is 6.07 Å². The maximum Gasteiger partial charge on any atom is 0.261 e. The Morgan fingerprint density at radius 1 is 1.47 bits per heavy atom. The van der Waals surface area contributed by atoms with Crippen LogP contribution < -0.4 is 4.74 Å². The fourth-order valence-corrected chi connectivity index (χ4v) is 1.99. The van der Waals surface area contributed by atoms with Gasteiger partial charge in [0.1, 0.15) is 0 Å². The third-order valence-corrected chi connectivity index (χ3v) is 3.82. The fourth-order valence-electron chi connectivity index (χ4n) is 1.22. The molecule has 0 aliphatic heterocycles. The number of halogens is 2. The van der Waals surface area contributed by atoms with Crippen LogP contribution in [0.15, 0.2) is 23.1 Å². The van der Waals surface area contributed by atoms with Gasteiger partial charge in [-0.2, -0.15) is 5.26 Å². The summed E-state index contributed by atoms with van der Waals surface area (Å²) in [6.07, 6.45) is 0.429. The standard InChI is InChI=1S/C12H13ClFNO3S/c1-12(2,8-15)5-6-18-11-4-3-9(7-10(11)14)19(13,16)17/h3-4,7H,5-6H2,1-2H3. The summed E-state index contributed by atoms with van der Waals surface area (Å²) in [6.45, 7) is 3.65. The molecule has 0 aliphatic rings. The molecule has 0 amide bonds. The number of nitrogens with zero attached hydrogens (tertiary/aromatic N) is 1. The smallest absolute Gasteiger partial charge is 0.261 e. The van der Waals surface area contributed by atoms with Crippen molar-refractivity contribution in [1.82, 2.24) is 0 Å². The Kier molecular flexibility index (Phi) is 4.77. The second kappa shape index (κ2) is 5.76. The Morgan fingerprint density at radius 2 is 2.11 bits per heavy atom. The highest BCUT2D eigenvalue weighted by atomic mass is 35.7. The number of hydrogen-bond acceptors (Lipinski definition) is 4. The van der Waals surface area contributed by atoms with Gasteiger partial charge in [0, 0.05) is 10.7 Å². The molecule has 7 heteroatoms. The number of rotatable bonds is 5. The van der Waals surface area contributed by atoms with Gasteiger partial charge in [-0.3, -0.25) is 0 Å². The molecule has 0 N–H and O–H groups in total. The predicted octanol–water partition coefficient (Wildman–Crippen LogP) is 3.07. The monoisotopic (exact) mass is 305 g/mol. The Morgan fingerprint density at radius 3 is 2.58 bits per heavy atom. The van der Waals surface area contributed by atoms with Crippen LogP contribution in [-0.4, -0.2) is 15.0 Å². The van der Waals surface area contributed by atoms with Crippen LogP contribution in [0.4, 0.5) is 4.39 Å². The minimum atomic E-state index is -3.96. The van der Waals surface area contributed by atoms with Gasteiger partial charge < -0.3 is 4.74 Å². The minimum absolute atomic E-state index is 0.0715. The zero-order valence-corrected chi connectivity index (χ0v) is 12.1. The zero-order chi connectivity index (χ0) is 14.7. The third kappa shape index (κ3) is 4.69. The molecule has 0 unspecified atom stereocenters. The van der Waals surface area contributed by atoms with Crippen LogP contribution in [0, 0.1) is 22.6 Å². The summed E-state index contributed by atoms with van der Waals surface area (Å²) in [5, 5.41) is 8.81. The van der Waals surface area contributed by atoms with E-state index in [0.29, 0.717) is 6.42 Å². The molecule has 0 heterocycles. The molecule has 1 aromatic rings. The molecule has 0 fully saturated rings. The number of benzene rings is 1. The first kappa shape index (κ1) is 15.7. The summed E-state index contributed by atoms with van der Waals surface area (Å²) in [5.41, 5.74) is -0.560. The molecule has 0 saturated carbocycles. The topological polar surface area (TPSA) is 67.2 Å². The first-order valence-electron chi connectivity index (χ1n) is 5.44. The number of nitriles is 1. The van der Waals surface area contributed by atoms with Crippen molar-refractivity contribution in [2.24, 2.45) is 5.41 Å². The van der Waals surface area contributed by atoms with E-state index in [0.717, 1.165) is 12.1 Å². The van der Waals surface area contributed by atoms with E-state index >= 15 is 0 Å². The first-order chi connectivity index (χ1) is 8.65. The van der Waals surface area contributed by atoms with Crippen LogP contribution in [0.3, 0.4) is 0 Å². The molecule has 19 heavy (non-hydrogen) atoms. The van der Waals surface area contributed by atoms with Gasteiger partial charge in [-0.05, 0) is 38.5 Å². The normalized spacial score (nSPS) is 11.9. The van der Waals surface area contributed by atoms with E-state index in [2.05, 4.69) is 6.07 Å². The molecule has 0 aromatic heterocycles. The number of hydrogen-bond donors (Lipinski definition) is 0. The third-order valence-electron chi connectivity index (χ3n) is 2.47. The van der Waals surface area contributed by atoms with Gasteiger partial charge in [0.25, 0.3) is 9.05 Å². The van der Waals surface area contributed by atoms with Crippen molar-refractivity contribution in [3.8, 4) is 11.8 Å². The summed E-state index contributed by atoms with van der Waals surface area (Å²) >= 11 is 0. The highest BCUT2D eigenvalue weighted by Gasteiger charge is 2.18. The van der Waals surface area contributed by atoms with E-state index in [-0.39, 0.29) is 17.3 Å². The van der Waals surface area contributed by atoms with E-state index in [4.69, 9.17) is 20.7 Å². The van der Waals surface area contributed by atoms with Crippen molar-refractivity contribution in [1.29, 1.82) is 5.26 Å². The molecular weight excluding hydrogens is 293 g/mol. The van der Waals surface area contributed by atoms with E-state index in [9.17, 15) is 12.8 Å². The largest absolute Gasteiger partial charge is 0.490 e. The molecule has 1 rings (SSSR count). The second-order valence-electron chi connectivity index (χ2n) is 4.62. The van der Waals surface area contributed by atoms with E-state index < -0.39 is 20.3 Å². The highest BCUT2D eigenvalue weighted by molar-refractivity contribution is 8.13. The molecule has 0 aliphatic carbocycles. The van der Waals surface area contributed by atoms with Gasteiger partial charge in [-0.1, -0.05) is 0 Å². The molecule has 0 radical (unpaired) electrons. The SMILES string of the molecule is CC(C)(C#N)CCOc1ccc(S(=O)(=O)Cl)cc1F. The summed E-state index contributed by atoms with van der Waals surface area (Å²) in [6, 6.07) is 5.26. The van der Waals surface area contributed by atoms with Crippen LogP contribution in [0.25, 0.3) is 0 Å². The van der Waals surface area contributed by atoms with Crippen LogP contribution in [0.5, 0.6) is 5.75 Å². The van der Waals surface area contributed by atoms with Crippen molar-refractivity contribution in [2.45, 2.75) is 25.2 Å². The van der Waals surface area contributed by atoms with Gasteiger partial charge in [0.15, 0.2) is 11.6 Å². The van der Waals surface area contributed by atoms with Gasteiger partial charge in [-0.25, -0.2) is 12.8 Å². The molecule has 104 valence electrons. The maximum absolute atomic E-state index is 13.6. The first-order valence-corrected chi connectivity index (χ1v) is 7.75. The van der Waals surface area contributed by atoms with Gasteiger partial charge in [0.2, 0.25) is 0 Å². The molecule has 4 nitrogen and oxygen atoms in total. The lowest BCUT2D eigenvalue weighted by atomic mass is 9.92. The van der Waals surface area contributed by atoms with Gasteiger partial charge in [-0.15, -0.1) is 0 Å². The minimum Gasteiger partial charge on any atom is -0.490 e. The molecule has 0 atom stereocenters. The van der Waals surface area contributed by atoms with E-state index in [1.807, 2.05) is 0 Å². The second-order valence-corrected chi connectivity index (χ2v) is 7.19. The molecular formula is C12H13ClFNO3S. The van der Waals surface area contributed by atoms with Gasteiger partial charge in [0.05, 0.1) is 23.0 Å². The van der Waals surface area contributed by atoms with Crippen molar-refractivity contribution >= 4 is 19.7 Å². The fraction of sp³-hybridized carbons (Fsp3) is 0.417. The lowest BCUT2D eigenvalue weighted by molar-refractivity contribution is 0.254. The maximum atomic E-state index is 13.6. The molecule has 0 bridgehead atoms. The summed E-state index contributed by atoms with van der Waals surface area (Å²) in [7, 11) is 1.14. The Labute approximate surface area is 116 Å². The highest BCUT2D eigenvalue weighted by Crippen LogP contribution is 2.24. The van der Waals surface area contributed by atoms with Crippen LogP contribution in [0.1, 0.15) is 20.3 Å². The predicted molar refractivity (Wildman–Crippen MR) is 68.9 cm³/mol. The summed E-state index contributed by atoms with van der Waals surface area (Å²) < 4.78 is 40.8. The van der Waals surface area contributed by atoms with Crippen LogP contribution in [-0.2, 0) is 9.05 Å². The Balaban J connectivity index is 2.75. The molecule has 0 saturated heterocycles. The zero-order valence-electron chi connectivity index (χ0n) is 10.5. The van der Waals surface area contributed by atoms with Crippen molar-refractivity contribution in [3.63, 3.8) is 0 Å².